The third-order valence-electron chi connectivity index (χ3n) is 1.25. The van der Waals surface area contributed by atoms with Gasteiger partial charge in [-0.25, -0.2) is 4.79 Å². The predicted molar refractivity (Wildman–Crippen MR) is 45.4 cm³/mol. The van der Waals surface area contributed by atoms with Crippen LogP contribution in [0, 0.1) is 0 Å². The fraction of sp³-hybridized carbons (Fsp3) is 0.857. The largest absolute Gasteiger partial charge is 0.392 e. The van der Waals surface area contributed by atoms with Gasteiger partial charge in [0.15, 0.2) is 0 Å². The molecular formula is C7H14O4P+. The van der Waals surface area contributed by atoms with Crippen molar-refractivity contribution >= 4 is 14.4 Å². The number of carbonyl (C=O) groups is 1. The van der Waals surface area contributed by atoms with Crippen molar-refractivity contribution in [3.8, 4) is 0 Å². The first-order chi connectivity index (χ1) is 5.72. The van der Waals surface area contributed by atoms with Crippen LogP contribution in [0.4, 0.5) is 0 Å². The summed E-state index contributed by atoms with van der Waals surface area (Å²) in [5.74, 6) is -0.570. The summed E-state index contributed by atoms with van der Waals surface area (Å²) in [4.78, 5) is 19.7. The van der Waals surface area contributed by atoms with E-state index in [2.05, 4.69) is 9.78 Å². The number of hydrogen-bond donors (Lipinski definition) is 0. The third kappa shape index (κ3) is 5.22. The van der Waals surface area contributed by atoms with Crippen molar-refractivity contribution in [3.63, 3.8) is 0 Å². The fourth-order valence-corrected chi connectivity index (χ4v) is 0.568. The Bertz CT molecular complexity index is 148. The van der Waals surface area contributed by atoms with Crippen molar-refractivity contribution < 1.29 is 19.1 Å². The van der Waals surface area contributed by atoms with Gasteiger partial charge in [0.25, 0.3) is 0 Å². The lowest BCUT2D eigenvalue weighted by molar-refractivity contribution is -0.271. The van der Waals surface area contributed by atoms with Gasteiger partial charge in [0.2, 0.25) is 5.66 Å². The molecule has 2 atom stereocenters. The quantitative estimate of drug-likeness (QED) is 0.278. The van der Waals surface area contributed by atoms with E-state index in [4.69, 9.17) is 0 Å². The standard InChI is InChI=1S/C7H13O4P/c1-3-4-5-10-11-7(8)6(2)12-9/h6H,3-5H2,1-2H3/p+1. The average Bonchev–Trinajstić information content (AvgIpc) is 2.10. The van der Waals surface area contributed by atoms with E-state index < -0.39 is 20.1 Å². The molecule has 5 heteroatoms. The van der Waals surface area contributed by atoms with Gasteiger partial charge in [0.1, 0.15) is 0 Å². The molecule has 0 aromatic carbocycles. The SMILES string of the molecule is CCCCOOC(=O)C(C)[PH+]=O. The van der Waals surface area contributed by atoms with Gasteiger partial charge in [-0.05, 0) is 13.3 Å². The molecule has 70 valence electrons. The van der Waals surface area contributed by atoms with Gasteiger partial charge in [-0.3, -0.25) is 4.89 Å². The Morgan fingerprint density at radius 2 is 2.25 bits per heavy atom. The molecule has 0 N–H and O–H groups in total. The predicted octanol–water partition coefficient (Wildman–Crippen LogP) is 1.67. The van der Waals surface area contributed by atoms with Crippen molar-refractivity contribution in [2.24, 2.45) is 0 Å². The van der Waals surface area contributed by atoms with Crippen molar-refractivity contribution in [1.82, 2.24) is 0 Å². The molecule has 0 aliphatic carbocycles. The summed E-state index contributed by atoms with van der Waals surface area (Å²) >= 11 is 0. The van der Waals surface area contributed by atoms with Gasteiger partial charge in [-0.15, -0.1) is 0 Å². The highest BCUT2D eigenvalue weighted by Crippen LogP contribution is 2.06. The zero-order valence-corrected chi connectivity index (χ0v) is 8.33. The second-order valence-electron chi connectivity index (χ2n) is 2.42. The molecule has 0 radical (unpaired) electrons. The zero-order chi connectivity index (χ0) is 9.40. The third-order valence-corrected chi connectivity index (χ3v) is 1.84. The van der Waals surface area contributed by atoms with Gasteiger partial charge >= 0.3 is 14.4 Å². The van der Waals surface area contributed by atoms with E-state index in [0.717, 1.165) is 12.8 Å². The molecule has 0 spiro atoms. The van der Waals surface area contributed by atoms with Crippen LogP contribution in [0.15, 0.2) is 0 Å². The van der Waals surface area contributed by atoms with Gasteiger partial charge in [-0.2, -0.15) is 4.89 Å². The number of carbonyl (C=O) groups excluding carboxylic acids is 1. The van der Waals surface area contributed by atoms with E-state index in [1.807, 2.05) is 6.92 Å². The Balaban J connectivity index is 3.37. The molecule has 0 heterocycles. The number of hydrogen-bond acceptors (Lipinski definition) is 4. The highest BCUT2D eigenvalue weighted by molar-refractivity contribution is 7.26. The fourth-order valence-electron chi connectivity index (χ4n) is 0.423. The van der Waals surface area contributed by atoms with Crippen LogP contribution in [0.3, 0.4) is 0 Å². The first-order valence-electron chi connectivity index (χ1n) is 3.93. The molecule has 0 bridgehead atoms. The highest BCUT2D eigenvalue weighted by atomic mass is 31.1. The Kier molecular flexibility index (Phi) is 6.91. The van der Waals surface area contributed by atoms with E-state index >= 15 is 0 Å². The highest BCUT2D eigenvalue weighted by Gasteiger charge is 2.22. The minimum atomic E-state index is -0.680. The van der Waals surface area contributed by atoms with Crippen LogP contribution in [-0.2, 0) is 19.1 Å². The van der Waals surface area contributed by atoms with Gasteiger partial charge in [0.05, 0.1) is 6.61 Å². The van der Waals surface area contributed by atoms with E-state index in [1.165, 1.54) is 6.92 Å². The molecular weight excluding hydrogens is 179 g/mol. The molecule has 0 amide bonds. The summed E-state index contributed by atoms with van der Waals surface area (Å²) in [6.45, 7) is 3.93. The van der Waals surface area contributed by atoms with Crippen LogP contribution in [0.25, 0.3) is 0 Å². The van der Waals surface area contributed by atoms with Crippen molar-refractivity contribution in [3.05, 3.63) is 0 Å². The smallest absolute Gasteiger partial charge is 0.293 e. The second-order valence-corrected chi connectivity index (χ2v) is 3.52. The maximum atomic E-state index is 10.8. The Morgan fingerprint density at radius 1 is 1.58 bits per heavy atom. The molecule has 0 fully saturated rings. The maximum absolute atomic E-state index is 10.8. The normalized spacial score (nSPS) is 12.8. The average molecular weight is 193 g/mol. The monoisotopic (exact) mass is 193 g/mol. The van der Waals surface area contributed by atoms with Crippen molar-refractivity contribution in [1.29, 1.82) is 0 Å². The summed E-state index contributed by atoms with van der Waals surface area (Å²) in [7, 11) is -0.680. The van der Waals surface area contributed by atoms with Crippen LogP contribution < -0.4 is 0 Å². The van der Waals surface area contributed by atoms with E-state index in [9.17, 15) is 9.36 Å². The molecule has 0 rings (SSSR count). The van der Waals surface area contributed by atoms with E-state index in [-0.39, 0.29) is 0 Å². The minimum absolute atomic E-state index is 0.400. The molecule has 2 unspecified atom stereocenters. The molecule has 0 aliphatic rings. The summed E-state index contributed by atoms with van der Waals surface area (Å²) in [5.41, 5.74) is -0.591. The molecule has 4 nitrogen and oxygen atoms in total. The van der Waals surface area contributed by atoms with Crippen LogP contribution in [0.2, 0.25) is 0 Å². The lowest BCUT2D eigenvalue weighted by Crippen LogP contribution is -2.15. The molecule has 0 aromatic heterocycles. The topological polar surface area (TPSA) is 52.6 Å². The van der Waals surface area contributed by atoms with E-state index in [1.54, 1.807) is 0 Å². The van der Waals surface area contributed by atoms with Crippen LogP contribution in [0.5, 0.6) is 0 Å². The van der Waals surface area contributed by atoms with Crippen LogP contribution in [-0.4, -0.2) is 18.2 Å². The molecule has 0 saturated heterocycles. The summed E-state index contributed by atoms with van der Waals surface area (Å²) in [6.07, 6.45) is 1.83. The van der Waals surface area contributed by atoms with Gasteiger partial charge < -0.3 is 0 Å². The van der Waals surface area contributed by atoms with Crippen molar-refractivity contribution in [2.75, 3.05) is 6.61 Å². The van der Waals surface area contributed by atoms with Gasteiger partial charge in [-0.1, -0.05) is 17.9 Å². The Labute approximate surface area is 73.4 Å². The van der Waals surface area contributed by atoms with Crippen LogP contribution in [0.1, 0.15) is 26.7 Å². The lowest BCUT2D eigenvalue weighted by Gasteiger charge is -2.00. The maximum Gasteiger partial charge on any atom is 0.392 e. The Hall–Kier alpha value is -0.470. The lowest BCUT2D eigenvalue weighted by atomic mass is 10.4. The van der Waals surface area contributed by atoms with Crippen LogP contribution >= 0.6 is 8.46 Å². The number of unbranched alkanes of at least 4 members (excludes halogenated alkanes) is 1. The number of rotatable bonds is 6. The molecule has 0 aromatic rings. The molecule has 0 saturated carbocycles. The zero-order valence-electron chi connectivity index (χ0n) is 7.33. The second kappa shape index (κ2) is 7.19. The summed E-state index contributed by atoms with van der Waals surface area (Å²) in [6, 6.07) is 0. The van der Waals surface area contributed by atoms with Crippen molar-refractivity contribution in [2.45, 2.75) is 32.3 Å². The first-order valence-corrected chi connectivity index (χ1v) is 4.92. The summed E-state index contributed by atoms with van der Waals surface area (Å²) in [5, 5.41) is 0. The first kappa shape index (κ1) is 11.5. The molecule has 12 heavy (non-hydrogen) atoms. The molecule has 0 aliphatic heterocycles. The van der Waals surface area contributed by atoms with Gasteiger partial charge in [0, 0.05) is 0 Å². The minimum Gasteiger partial charge on any atom is -0.293 e. The summed E-state index contributed by atoms with van der Waals surface area (Å²) < 4.78 is 10.2. The Morgan fingerprint density at radius 3 is 2.75 bits per heavy atom. The van der Waals surface area contributed by atoms with E-state index in [0.29, 0.717) is 6.61 Å².